The third-order valence-electron chi connectivity index (χ3n) is 13.2. The summed E-state index contributed by atoms with van der Waals surface area (Å²) in [7, 11) is 1.81. The van der Waals surface area contributed by atoms with Gasteiger partial charge in [-0.05, 0) is 86.9 Å². The zero-order valence-corrected chi connectivity index (χ0v) is 38.1. The summed E-state index contributed by atoms with van der Waals surface area (Å²) in [4.78, 5) is 47.0. The highest BCUT2D eigenvalue weighted by Gasteiger charge is 2.40. The van der Waals surface area contributed by atoms with E-state index in [0.717, 1.165) is 104 Å². The van der Waals surface area contributed by atoms with Gasteiger partial charge in [0, 0.05) is 87.2 Å². The predicted molar refractivity (Wildman–Crippen MR) is 256 cm³/mol. The topological polar surface area (TPSA) is 141 Å². The maximum atomic E-state index is 14.4. The summed E-state index contributed by atoms with van der Waals surface area (Å²) < 4.78 is 23.6. The van der Waals surface area contributed by atoms with E-state index in [1.165, 1.54) is 6.42 Å². The smallest absolute Gasteiger partial charge is 0.227 e. The molecule has 0 radical (unpaired) electrons. The molecule has 9 rings (SSSR count). The van der Waals surface area contributed by atoms with Crippen LogP contribution in [0.15, 0.2) is 96.8 Å². The van der Waals surface area contributed by atoms with E-state index in [2.05, 4.69) is 62.0 Å². The Bertz CT molecular complexity index is 2710. The van der Waals surface area contributed by atoms with Gasteiger partial charge in [-0.2, -0.15) is 0 Å². The summed E-state index contributed by atoms with van der Waals surface area (Å²) in [5.74, 6) is 1.57. The number of ketones is 1. The summed E-state index contributed by atoms with van der Waals surface area (Å²) in [6.07, 6.45) is 13.1. The van der Waals surface area contributed by atoms with E-state index in [4.69, 9.17) is 23.9 Å². The molecule has 13 heteroatoms. The molecule has 2 aliphatic rings. The van der Waals surface area contributed by atoms with Gasteiger partial charge < -0.3 is 34.1 Å². The lowest BCUT2D eigenvalue weighted by atomic mass is 9.76. The summed E-state index contributed by atoms with van der Waals surface area (Å²) in [5.41, 5.74) is 6.14. The first kappa shape index (κ1) is 44.5. The first-order chi connectivity index (χ1) is 31.9. The van der Waals surface area contributed by atoms with Gasteiger partial charge in [-0.25, -0.2) is 9.97 Å². The SMILES string of the molecule is CN[C@@H](C)C(=O)C[C@H](C(=O)N1CCC[C@H]1c1nc(-c2ccc(OCCOCCOCCOc3ccc(-c4ccc5c(c4)[nH]c4ccncc45)cn3)c3ccccc23)cs1)C1CCCCC1. The fourth-order valence-corrected chi connectivity index (χ4v) is 10.5. The van der Waals surface area contributed by atoms with E-state index < -0.39 is 0 Å². The molecule has 7 aromatic rings. The molecule has 5 heterocycles. The van der Waals surface area contributed by atoms with E-state index >= 15 is 0 Å². The summed E-state index contributed by atoms with van der Waals surface area (Å²) >= 11 is 1.62. The molecule has 1 saturated carbocycles. The average Bonchev–Trinajstić information content (AvgIpc) is 4.13. The Morgan fingerprint density at radius 3 is 2.38 bits per heavy atom. The number of rotatable bonds is 20. The number of ether oxygens (including phenoxy) is 4. The second kappa shape index (κ2) is 21.1. The van der Waals surface area contributed by atoms with Crippen molar-refractivity contribution in [2.24, 2.45) is 11.8 Å². The van der Waals surface area contributed by atoms with E-state index in [9.17, 15) is 9.59 Å². The summed E-state index contributed by atoms with van der Waals surface area (Å²) in [5, 5.41) is 10.5. The highest BCUT2D eigenvalue weighted by molar-refractivity contribution is 7.10. The highest BCUT2D eigenvalue weighted by Crippen LogP contribution is 2.42. The van der Waals surface area contributed by atoms with Crippen molar-refractivity contribution in [1.29, 1.82) is 0 Å². The van der Waals surface area contributed by atoms with E-state index in [-0.39, 0.29) is 35.6 Å². The quantitative estimate of drug-likeness (QED) is 0.0711. The minimum absolute atomic E-state index is 0.0732. The molecule has 1 aliphatic carbocycles. The number of thiazole rings is 1. The molecule has 0 unspecified atom stereocenters. The molecule has 1 amide bonds. The van der Waals surface area contributed by atoms with Crippen LogP contribution in [0.2, 0.25) is 0 Å². The van der Waals surface area contributed by atoms with Gasteiger partial charge in [0.25, 0.3) is 0 Å². The van der Waals surface area contributed by atoms with E-state index in [0.29, 0.717) is 58.5 Å². The Morgan fingerprint density at radius 1 is 0.800 bits per heavy atom. The maximum Gasteiger partial charge on any atom is 0.227 e. The molecule has 2 fully saturated rings. The average molecular weight is 895 g/mol. The molecule has 12 nitrogen and oxygen atoms in total. The molecule has 338 valence electrons. The van der Waals surface area contributed by atoms with Crippen LogP contribution in [0.1, 0.15) is 69.3 Å². The van der Waals surface area contributed by atoms with Crippen molar-refractivity contribution in [1.82, 2.24) is 30.2 Å². The zero-order chi connectivity index (χ0) is 44.5. The first-order valence-electron chi connectivity index (χ1n) is 23.2. The maximum absolute atomic E-state index is 14.4. The number of aromatic amines is 1. The molecule has 0 spiro atoms. The molecule has 2 N–H and O–H groups in total. The molecule has 1 aliphatic heterocycles. The van der Waals surface area contributed by atoms with Crippen LogP contribution in [0, 0.1) is 11.8 Å². The number of amides is 1. The van der Waals surface area contributed by atoms with Crippen molar-refractivity contribution in [3.05, 3.63) is 102 Å². The largest absolute Gasteiger partial charge is 0.491 e. The van der Waals surface area contributed by atoms with Crippen LogP contribution in [0.3, 0.4) is 0 Å². The summed E-state index contributed by atoms with van der Waals surface area (Å²) in [6.45, 7) is 5.11. The lowest BCUT2D eigenvalue weighted by Gasteiger charge is -2.34. The number of Topliss-reactive ketones (excluding diaryl/α,β-unsaturated/α-hetero) is 1. The Morgan fingerprint density at radius 2 is 1.58 bits per heavy atom. The predicted octanol–water partition coefficient (Wildman–Crippen LogP) is 9.97. The molecule has 0 bridgehead atoms. The van der Waals surface area contributed by atoms with E-state index in [1.54, 1.807) is 24.6 Å². The van der Waals surface area contributed by atoms with Crippen LogP contribution in [0.25, 0.3) is 55.0 Å². The molecule has 3 aromatic carbocycles. The number of nitrogens with one attached hydrogen (secondary N) is 2. The highest BCUT2D eigenvalue weighted by atomic mass is 32.1. The van der Waals surface area contributed by atoms with Gasteiger partial charge >= 0.3 is 0 Å². The number of hydrogen-bond acceptors (Lipinski definition) is 11. The van der Waals surface area contributed by atoms with Gasteiger partial charge in [-0.3, -0.25) is 14.6 Å². The van der Waals surface area contributed by atoms with Crippen molar-refractivity contribution in [3.8, 4) is 34.0 Å². The van der Waals surface area contributed by atoms with Crippen molar-refractivity contribution >= 4 is 55.6 Å². The van der Waals surface area contributed by atoms with Gasteiger partial charge in [0.05, 0.1) is 44.2 Å². The fourth-order valence-electron chi connectivity index (χ4n) is 9.53. The van der Waals surface area contributed by atoms with Crippen molar-refractivity contribution in [2.45, 2.75) is 70.4 Å². The number of benzene rings is 3. The zero-order valence-electron chi connectivity index (χ0n) is 37.3. The number of hydrogen-bond donors (Lipinski definition) is 2. The Labute approximate surface area is 384 Å². The molecule has 1 saturated heterocycles. The number of nitrogens with zero attached hydrogens (tertiary/aromatic N) is 4. The van der Waals surface area contributed by atoms with Crippen molar-refractivity contribution in [3.63, 3.8) is 0 Å². The Kier molecular flexibility index (Phi) is 14.4. The van der Waals surface area contributed by atoms with Gasteiger partial charge in [-0.15, -0.1) is 11.3 Å². The lowest BCUT2D eigenvalue weighted by Crippen LogP contribution is -2.42. The number of H-pyrrole nitrogens is 1. The number of carbonyl (C=O) groups is 2. The number of aromatic nitrogens is 4. The number of likely N-dealkylation sites (N-methyl/N-ethyl adjacent to an activating group) is 1. The van der Waals surface area contributed by atoms with Crippen LogP contribution in [0.4, 0.5) is 0 Å². The Hall–Kier alpha value is -5.73. The second-order valence-corrected chi connectivity index (χ2v) is 18.1. The van der Waals surface area contributed by atoms with Gasteiger partial charge in [0.2, 0.25) is 11.8 Å². The standard InChI is InChI=1S/C52H58N6O6S/c1-34(53-2)48(59)30-42(35-9-4-3-5-10-35)52(60)58-22-8-13-47(58)51-57-46(33-65-51)39-17-18-49(41-12-7-6-11-38(39)41)63-27-25-61-23-24-62-26-28-64-50-19-15-37(31-55-50)36-14-16-40-43-32-54-21-20-44(43)56-45(40)29-36/h6-7,11-12,14-21,29,31-35,42,47,53,56H,3-5,8-10,13,22-28,30H2,1-2H3/t34-,42-,47-/m0/s1. The number of pyridine rings is 2. The first-order valence-corrected chi connectivity index (χ1v) is 24.0. The minimum Gasteiger partial charge on any atom is -0.491 e. The minimum atomic E-state index is -0.271. The molecule has 3 atom stereocenters. The van der Waals surface area contributed by atoms with Crippen LogP contribution < -0.4 is 14.8 Å². The van der Waals surface area contributed by atoms with Gasteiger partial charge in [-0.1, -0.05) is 55.7 Å². The summed E-state index contributed by atoms with van der Waals surface area (Å²) in [6, 6.07) is 24.2. The monoisotopic (exact) mass is 894 g/mol. The lowest BCUT2D eigenvalue weighted by molar-refractivity contribution is -0.141. The molecule has 65 heavy (non-hydrogen) atoms. The normalized spacial score (nSPS) is 16.6. The van der Waals surface area contributed by atoms with Crippen LogP contribution >= 0.6 is 11.3 Å². The third-order valence-corrected chi connectivity index (χ3v) is 14.1. The fraction of sp³-hybridized carbons (Fsp3) is 0.404. The van der Waals surface area contributed by atoms with Gasteiger partial charge in [0.1, 0.15) is 29.8 Å². The number of carbonyl (C=O) groups excluding carboxylic acids is 2. The van der Waals surface area contributed by atoms with Crippen molar-refractivity contribution in [2.75, 3.05) is 53.2 Å². The Balaban J connectivity index is 0.725. The van der Waals surface area contributed by atoms with E-state index in [1.807, 2.05) is 60.6 Å². The molecular weight excluding hydrogens is 837 g/mol. The van der Waals surface area contributed by atoms with Gasteiger partial charge in [0.15, 0.2) is 0 Å². The molecular formula is C52H58N6O6S. The number of likely N-dealkylation sites (tertiary alicyclic amines) is 1. The van der Waals surface area contributed by atoms with Crippen molar-refractivity contribution < 1.29 is 28.5 Å². The third kappa shape index (κ3) is 10.2. The van der Waals surface area contributed by atoms with Crippen LogP contribution in [-0.2, 0) is 19.1 Å². The second-order valence-electron chi connectivity index (χ2n) is 17.2. The molecule has 4 aromatic heterocycles. The van der Waals surface area contributed by atoms with Crippen LogP contribution in [0.5, 0.6) is 11.6 Å². The van der Waals surface area contributed by atoms with Crippen LogP contribution in [-0.4, -0.2) is 95.8 Å². The number of fused-ring (bicyclic) bond motifs is 4.